The Hall–Kier alpha value is -1.43. The molecule has 0 heterocycles. The molecule has 1 amide bonds. The van der Waals surface area contributed by atoms with E-state index in [0.717, 1.165) is 44.9 Å². The van der Waals surface area contributed by atoms with E-state index in [2.05, 4.69) is 43.5 Å². The molecule has 0 aliphatic carbocycles. The Morgan fingerprint density at radius 3 is 1.09 bits per heavy atom. The number of amides is 1. The van der Waals surface area contributed by atoms with Crippen LogP contribution in [0.1, 0.15) is 258 Å². The molecule has 0 fully saturated rings. The summed E-state index contributed by atoms with van der Waals surface area (Å²) < 4.78 is 0. The number of aliphatic hydroxyl groups excluding tert-OH is 3. The molecule has 0 aromatic carbocycles. The first-order valence-electron chi connectivity index (χ1n) is 24.8. The van der Waals surface area contributed by atoms with Gasteiger partial charge in [0.25, 0.3) is 0 Å². The van der Waals surface area contributed by atoms with E-state index in [1.807, 2.05) is 6.08 Å². The van der Waals surface area contributed by atoms with Gasteiger partial charge in [0.2, 0.25) is 5.91 Å². The lowest BCUT2D eigenvalue weighted by Gasteiger charge is -2.21. The molecule has 56 heavy (non-hydrogen) atoms. The standard InChI is InChI=1S/C51H97NO4/c1-3-5-7-9-11-13-15-17-19-20-21-22-23-24-25-26-27-28-29-30-31-32-34-36-38-40-42-44-46-50(55)51(56)52-48(47-53)49(54)45-43-41-39-37-35-33-18-16-14-12-10-8-6-4-2/h14,16,35,37,43,45,48-50,53-55H,3-13,15,17-34,36,38-42,44,46-47H2,1-2H3,(H,52,56)/b16-14+,37-35+,45-43+. The lowest BCUT2D eigenvalue weighted by atomic mass is 10.0. The molecular weight excluding hydrogens is 691 g/mol. The van der Waals surface area contributed by atoms with Crippen molar-refractivity contribution in [1.29, 1.82) is 0 Å². The fourth-order valence-electron chi connectivity index (χ4n) is 7.57. The number of aliphatic hydroxyl groups is 3. The van der Waals surface area contributed by atoms with Gasteiger partial charge in [-0.1, -0.05) is 249 Å². The van der Waals surface area contributed by atoms with Gasteiger partial charge in [-0.05, 0) is 44.9 Å². The van der Waals surface area contributed by atoms with Crippen molar-refractivity contribution in [2.45, 2.75) is 276 Å². The van der Waals surface area contributed by atoms with Crippen molar-refractivity contribution in [3.05, 3.63) is 36.5 Å². The number of carbonyl (C=O) groups is 1. The van der Waals surface area contributed by atoms with Gasteiger partial charge in [-0.15, -0.1) is 0 Å². The molecular formula is C51H97NO4. The smallest absolute Gasteiger partial charge is 0.249 e. The molecule has 0 aromatic heterocycles. The zero-order valence-corrected chi connectivity index (χ0v) is 37.5. The maximum Gasteiger partial charge on any atom is 0.249 e. The molecule has 0 bridgehead atoms. The summed E-state index contributed by atoms with van der Waals surface area (Å²) in [5.74, 6) is -0.514. The van der Waals surface area contributed by atoms with E-state index in [0.29, 0.717) is 6.42 Å². The Labute approximate surface area is 349 Å². The van der Waals surface area contributed by atoms with Gasteiger partial charge in [0.1, 0.15) is 6.10 Å². The van der Waals surface area contributed by atoms with E-state index in [1.165, 1.54) is 193 Å². The highest BCUT2D eigenvalue weighted by atomic mass is 16.3. The second-order valence-electron chi connectivity index (χ2n) is 17.0. The third kappa shape index (κ3) is 40.8. The number of carbonyl (C=O) groups excluding carboxylic acids is 1. The van der Waals surface area contributed by atoms with Crippen LogP contribution >= 0.6 is 0 Å². The molecule has 0 aromatic rings. The molecule has 5 heteroatoms. The number of hydrogen-bond donors (Lipinski definition) is 4. The highest BCUT2D eigenvalue weighted by Crippen LogP contribution is 2.17. The normalized spacial score (nSPS) is 13.7. The van der Waals surface area contributed by atoms with Crippen molar-refractivity contribution in [3.63, 3.8) is 0 Å². The quantitative estimate of drug-likeness (QED) is 0.0365. The summed E-state index contributed by atoms with van der Waals surface area (Å²) in [4.78, 5) is 12.5. The molecule has 0 rings (SSSR count). The monoisotopic (exact) mass is 788 g/mol. The van der Waals surface area contributed by atoms with Crippen molar-refractivity contribution >= 4 is 5.91 Å². The molecule has 0 radical (unpaired) electrons. The molecule has 3 atom stereocenters. The summed E-state index contributed by atoms with van der Waals surface area (Å²) in [6, 6.07) is -0.818. The maximum absolute atomic E-state index is 12.5. The third-order valence-electron chi connectivity index (χ3n) is 11.5. The van der Waals surface area contributed by atoms with Crippen LogP contribution in [0.2, 0.25) is 0 Å². The largest absolute Gasteiger partial charge is 0.394 e. The van der Waals surface area contributed by atoms with Crippen molar-refractivity contribution in [3.8, 4) is 0 Å². The van der Waals surface area contributed by atoms with Gasteiger partial charge in [0, 0.05) is 0 Å². The van der Waals surface area contributed by atoms with Crippen LogP contribution in [0.5, 0.6) is 0 Å². The molecule has 0 saturated carbocycles. The number of allylic oxidation sites excluding steroid dienone is 5. The Bertz CT molecular complexity index is 870. The van der Waals surface area contributed by atoms with Gasteiger partial charge in [0.05, 0.1) is 18.8 Å². The first-order chi connectivity index (χ1) is 27.6. The summed E-state index contributed by atoms with van der Waals surface area (Å²) in [5.41, 5.74) is 0. The zero-order valence-electron chi connectivity index (χ0n) is 37.5. The van der Waals surface area contributed by atoms with Crippen LogP contribution in [-0.4, -0.2) is 46.1 Å². The van der Waals surface area contributed by atoms with Gasteiger partial charge < -0.3 is 20.6 Å². The minimum Gasteiger partial charge on any atom is -0.394 e. The van der Waals surface area contributed by atoms with Crippen LogP contribution in [0.25, 0.3) is 0 Å². The topological polar surface area (TPSA) is 89.8 Å². The van der Waals surface area contributed by atoms with E-state index >= 15 is 0 Å². The molecule has 330 valence electrons. The molecule has 0 saturated heterocycles. The summed E-state index contributed by atoms with van der Waals surface area (Å²) in [5, 5.41) is 33.1. The van der Waals surface area contributed by atoms with E-state index in [4.69, 9.17) is 0 Å². The molecule has 5 nitrogen and oxygen atoms in total. The predicted molar refractivity (Wildman–Crippen MR) is 245 cm³/mol. The fraction of sp³-hybridized carbons (Fsp3) is 0.863. The Balaban J connectivity index is 3.57. The molecule has 3 unspecified atom stereocenters. The van der Waals surface area contributed by atoms with Gasteiger partial charge in [0.15, 0.2) is 0 Å². The number of unbranched alkanes of at least 4 members (excludes halogenated alkanes) is 33. The number of rotatable bonds is 45. The van der Waals surface area contributed by atoms with Crippen LogP contribution in [-0.2, 0) is 4.79 Å². The van der Waals surface area contributed by atoms with Crippen molar-refractivity contribution in [2.75, 3.05) is 6.61 Å². The van der Waals surface area contributed by atoms with Gasteiger partial charge in [-0.25, -0.2) is 0 Å². The molecule has 0 aliphatic heterocycles. The van der Waals surface area contributed by atoms with Crippen LogP contribution in [0.4, 0.5) is 0 Å². The Morgan fingerprint density at radius 2 is 0.732 bits per heavy atom. The molecule has 0 spiro atoms. The Kier molecular flexibility index (Phi) is 45.1. The van der Waals surface area contributed by atoms with Gasteiger partial charge in [-0.2, -0.15) is 0 Å². The van der Waals surface area contributed by atoms with Crippen LogP contribution in [0.15, 0.2) is 36.5 Å². The number of hydrogen-bond acceptors (Lipinski definition) is 4. The molecule has 4 N–H and O–H groups in total. The van der Waals surface area contributed by atoms with Gasteiger partial charge in [-0.3, -0.25) is 4.79 Å². The SMILES string of the molecule is CCCCCC/C=C/CC/C=C/CC/C=C/C(O)C(CO)NC(=O)C(O)CCCCCCCCCCCCCCCCCCCCCCCCCCCCCC. The van der Waals surface area contributed by atoms with E-state index in [9.17, 15) is 20.1 Å². The lowest BCUT2D eigenvalue weighted by Crippen LogP contribution is -2.48. The first kappa shape index (κ1) is 54.6. The van der Waals surface area contributed by atoms with Crippen molar-refractivity contribution in [1.82, 2.24) is 5.32 Å². The third-order valence-corrected chi connectivity index (χ3v) is 11.5. The van der Waals surface area contributed by atoms with Crippen LogP contribution in [0, 0.1) is 0 Å². The maximum atomic E-state index is 12.5. The second kappa shape index (κ2) is 46.3. The second-order valence-corrected chi connectivity index (χ2v) is 17.0. The van der Waals surface area contributed by atoms with E-state index < -0.39 is 24.2 Å². The Morgan fingerprint density at radius 1 is 0.429 bits per heavy atom. The van der Waals surface area contributed by atoms with Crippen LogP contribution < -0.4 is 5.32 Å². The van der Waals surface area contributed by atoms with Crippen molar-refractivity contribution in [2.24, 2.45) is 0 Å². The average Bonchev–Trinajstić information content (AvgIpc) is 3.20. The zero-order chi connectivity index (χ0) is 40.8. The van der Waals surface area contributed by atoms with E-state index in [1.54, 1.807) is 6.08 Å². The summed E-state index contributed by atoms with van der Waals surface area (Å²) in [7, 11) is 0. The summed E-state index contributed by atoms with van der Waals surface area (Å²) in [6.45, 7) is 4.16. The average molecular weight is 788 g/mol. The predicted octanol–water partition coefficient (Wildman–Crippen LogP) is 14.7. The minimum absolute atomic E-state index is 0.379. The minimum atomic E-state index is -1.11. The summed E-state index contributed by atoms with van der Waals surface area (Å²) in [6.07, 6.45) is 59.2. The lowest BCUT2D eigenvalue weighted by molar-refractivity contribution is -0.131. The van der Waals surface area contributed by atoms with Gasteiger partial charge >= 0.3 is 0 Å². The van der Waals surface area contributed by atoms with Crippen LogP contribution in [0.3, 0.4) is 0 Å². The number of nitrogens with one attached hydrogen (secondary N) is 1. The van der Waals surface area contributed by atoms with Crippen molar-refractivity contribution < 1.29 is 20.1 Å². The molecule has 0 aliphatic rings. The van der Waals surface area contributed by atoms with E-state index in [-0.39, 0.29) is 6.61 Å². The fourth-order valence-corrected chi connectivity index (χ4v) is 7.57. The highest BCUT2D eigenvalue weighted by molar-refractivity contribution is 5.80. The summed E-state index contributed by atoms with van der Waals surface area (Å²) >= 11 is 0. The first-order valence-corrected chi connectivity index (χ1v) is 24.8. The highest BCUT2D eigenvalue weighted by Gasteiger charge is 2.22.